The van der Waals surface area contributed by atoms with Gasteiger partial charge in [0.05, 0.1) is 6.42 Å². The zero-order chi connectivity index (χ0) is 17.4. The van der Waals surface area contributed by atoms with Crippen molar-refractivity contribution in [1.82, 2.24) is 10.6 Å². The summed E-state index contributed by atoms with van der Waals surface area (Å²) in [5, 5.41) is 14.2. The Kier molecular flexibility index (Phi) is 7.25. The highest BCUT2D eigenvalue weighted by Crippen LogP contribution is 2.08. The minimum Gasteiger partial charge on any atom is -0.480 e. The summed E-state index contributed by atoms with van der Waals surface area (Å²) in [6.45, 7) is 5.16. The van der Waals surface area contributed by atoms with Crippen LogP contribution in [0.15, 0.2) is 30.3 Å². The fraction of sp³-hybridized carbons (Fsp3) is 0.471. The summed E-state index contributed by atoms with van der Waals surface area (Å²) in [7, 11) is 0. The molecular formula is C17H24N2O4. The van der Waals surface area contributed by atoms with E-state index < -0.39 is 24.0 Å². The molecule has 0 aromatic heterocycles. The number of hydrogen-bond donors (Lipinski definition) is 3. The summed E-state index contributed by atoms with van der Waals surface area (Å²) in [6, 6.07) is 7.43. The molecule has 2 amide bonds. The molecule has 6 heteroatoms. The van der Waals surface area contributed by atoms with E-state index in [4.69, 9.17) is 0 Å². The molecule has 6 nitrogen and oxygen atoms in total. The molecule has 1 aromatic carbocycles. The van der Waals surface area contributed by atoms with Crippen LogP contribution in [0, 0.1) is 5.92 Å². The molecule has 0 bridgehead atoms. The number of carbonyl (C=O) groups excluding carboxylic acids is 2. The predicted molar refractivity (Wildman–Crippen MR) is 86.8 cm³/mol. The highest BCUT2D eigenvalue weighted by atomic mass is 16.4. The van der Waals surface area contributed by atoms with E-state index in [1.807, 2.05) is 37.3 Å². The normalized spacial score (nSPS) is 14.4. The Morgan fingerprint density at radius 1 is 1.09 bits per heavy atom. The minimum atomic E-state index is -1.07. The molecule has 0 spiro atoms. The Hall–Kier alpha value is -2.37. The molecule has 0 aliphatic carbocycles. The maximum absolute atomic E-state index is 12.1. The molecule has 0 aliphatic heterocycles. The van der Waals surface area contributed by atoms with Crippen LogP contribution in [0.25, 0.3) is 0 Å². The van der Waals surface area contributed by atoms with Gasteiger partial charge in [0, 0.05) is 0 Å². The van der Waals surface area contributed by atoms with Crippen LogP contribution in [0.5, 0.6) is 0 Å². The summed E-state index contributed by atoms with van der Waals surface area (Å²) in [5.74, 6) is -2.05. The highest BCUT2D eigenvalue weighted by Gasteiger charge is 2.27. The number of hydrogen-bond acceptors (Lipinski definition) is 3. The van der Waals surface area contributed by atoms with Crippen molar-refractivity contribution in [1.29, 1.82) is 0 Å². The summed E-state index contributed by atoms with van der Waals surface area (Å²) in [5.41, 5.74) is 0.848. The van der Waals surface area contributed by atoms with Gasteiger partial charge in [-0.25, -0.2) is 4.79 Å². The number of carboxylic acids is 1. The first-order valence-electron chi connectivity index (χ1n) is 7.71. The van der Waals surface area contributed by atoms with Crippen molar-refractivity contribution in [2.45, 2.75) is 45.7 Å². The van der Waals surface area contributed by atoms with Gasteiger partial charge in [-0.3, -0.25) is 9.59 Å². The van der Waals surface area contributed by atoms with Crippen LogP contribution >= 0.6 is 0 Å². The Bertz CT molecular complexity index is 545. The lowest BCUT2D eigenvalue weighted by Gasteiger charge is -2.22. The molecule has 0 aliphatic rings. The van der Waals surface area contributed by atoms with Crippen molar-refractivity contribution in [2.24, 2.45) is 5.92 Å². The van der Waals surface area contributed by atoms with E-state index in [1.54, 1.807) is 6.92 Å². The monoisotopic (exact) mass is 320 g/mol. The van der Waals surface area contributed by atoms with E-state index in [9.17, 15) is 19.5 Å². The lowest BCUT2D eigenvalue weighted by atomic mass is 9.99. The highest BCUT2D eigenvalue weighted by molar-refractivity contribution is 5.90. The number of rotatable bonds is 8. The average molecular weight is 320 g/mol. The van der Waals surface area contributed by atoms with Crippen molar-refractivity contribution >= 4 is 17.8 Å². The van der Waals surface area contributed by atoms with Crippen molar-refractivity contribution in [3.63, 3.8) is 0 Å². The standard InChI is InChI=1S/C17H24N2O4/c1-4-11(2)15(17(22)23)19-16(21)12(3)18-14(20)10-13-8-6-5-7-9-13/h5-9,11-12,15H,4,10H2,1-3H3,(H,18,20)(H,19,21)(H,22,23)/t11-,12-,15-/m0/s1. The van der Waals surface area contributed by atoms with Crippen LogP contribution in [0.1, 0.15) is 32.8 Å². The van der Waals surface area contributed by atoms with Crippen LogP contribution in [0.3, 0.4) is 0 Å². The Morgan fingerprint density at radius 2 is 1.70 bits per heavy atom. The van der Waals surface area contributed by atoms with Crippen molar-refractivity contribution in [3.05, 3.63) is 35.9 Å². The summed E-state index contributed by atoms with van der Waals surface area (Å²) in [6.07, 6.45) is 0.804. The molecule has 0 radical (unpaired) electrons. The van der Waals surface area contributed by atoms with Crippen LogP contribution in [-0.2, 0) is 20.8 Å². The largest absolute Gasteiger partial charge is 0.480 e. The fourth-order valence-corrected chi connectivity index (χ4v) is 2.10. The lowest BCUT2D eigenvalue weighted by molar-refractivity contribution is -0.143. The lowest BCUT2D eigenvalue weighted by Crippen LogP contribution is -2.52. The molecular weight excluding hydrogens is 296 g/mol. The van der Waals surface area contributed by atoms with Gasteiger partial charge in [-0.1, -0.05) is 50.6 Å². The molecule has 23 heavy (non-hydrogen) atoms. The molecule has 3 atom stereocenters. The molecule has 0 saturated carbocycles. The van der Waals surface area contributed by atoms with Crippen molar-refractivity contribution in [3.8, 4) is 0 Å². The molecule has 1 rings (SSSR count). The number of carbonyl (C=O) groups is 3. The number of amides is 2. The van der Waals surface area contributed by atoms with E-state index in [0.717, 1.165) is 5.56 Å². The Balaban J connectivity index is 2.55. The topological polar surface area (TPSA) is 95.5 Å². The summed E-state index contributed by atoms with van der Waals surface area (Å²) < 4.78 is 0. The first-order chi connectivity index (χ1) is 10.8. The molecule has 0 fully saturated rings. The van der Waals surface area contributed by atoms with Gasteiger partial charge in [0.15, 0.2) is 0 Å². The first-order valence-corrected chi connectivity index (χ1v) is 7.71. The number of benzene rings is 1. The third-order valence-corrected chi connectivity index (χ3v) is 3.76. The van der Waals surface area contributed by atoms with E-state index in [-0.39, 0.29) is 18.2 Å². The van der Waals surface area contributed by atoms with E-state index in [1.165, 1.54) is 6.92 Å². The van der Waals surface area contributed by atoms with Crippen LogP contribution in [-0.4, -0.2) is 35.0 Å². The van der Waals surface area contributed by atoms with Gasteiger partial charge in [0.25, 0.3) is 0 Å². The molecule has 3 N–H and O–H groups in total. The van der Waals surface area contributed by atoms with Gasteiger partial charge in [-0.05, 0) is 18.4 Å². The number of carboxylic acid groups (broad SMARTS) is 1. The van der Waals surface area contributed by atoms with Crippen LogP contribution in [0.2, 0.25) is 0 Å². The zero-order valence-electron chi connectivity index (χ0n) is 13.7. The van der Waals surface area contributed by atoms with E-state index >= 15 is 0 Å². The van der Waals surface area contributed by atoms with Gasteiger partial charge in [-0.15, -0.1) is 0 Å². The second-order valence-corrected chi connectivity index (χ2v) is 5.66. The average Bonchev–Trinajstić information content (AvgIpc) is 2.52. The Labute approximate surface area is 136 Å². The molecule has 1 aromatic rings. The van der Waals surface area contributed by atoms with Crippen molar-refractivity contribution < 1.29 is 19.5 Å². The summed E-state index contributed by atoms with van der Waals surface area (Å²) in [4.78, 5) is 35.2. The Morgan fingerprint density at radius 3 is 2.22 bits per heavy atom. The third kappa shape index (κ3) is 6.10. The van der Waals surface area contributed by atoms with E-state index in [0.29, 0.717) is 6.42 Å². The van der Waals surface area contributed by atoms with E-state index in [2.05, 4.69) is 10.6 Å². The smallest absolute Gasteiger partial charge is 0.326 e. The quantitative estimate of drug-likeness (QED) is 0.674. The van der Waals surface area contributed by atoms with Crippen molar-refractivity contribution in [2.75, 3.05) is 0 Å². The maximum atomic E-state index is 12.1. The minimum absolute atomic E-state index is 0.173. The van der Waals surface area contributed by atoms with Gasteiger partial charge in [0.2, 0.25) is 11.8 Å². The third-order valence-electron chi connectivity index (χ3n) is 3.76. The van der Waals surface area contributed by atoms with Gasteiger partial charge >= 0.3 is 5.97 Å². The van der Waals surface area contributed by atoms with Gasteiger partial charge < -0.3 is 15.7 Å². The number of nitrogens with one attached hydrogen (secondary N) is 2. The SMILES string of the molecule is CC[C@H](C)[C@H](NC(=O)[C@H](C)NC(=O)Cc1ccccc1)C(=O)O. The number of aliphatic carboxylic acids is 1. The van der Waals surface area contributed by atoms with Gasteiger partial charge in [-0.2, -0.15) is 0 Å². The van der Waals surface area contributed by atoms with Crippen LogP contribution < -0.4 is 10.6 Å². The first kappa shape index (κ1) is 18.7. The fourth-order valence-electron chi connectivity index (χ4n) is 2.10. The molecule has 0 unspecified atom stereocenters. The molecule has 0 heterocycles. The summed E-state index contributed by atoms with van der Waals surface area (Å²) >= 11 is 0. The maximum Gasteiger partial charge on any atom is 0.326 e. The van der Waals surface area contributed by atoms with Gasteiger partial charge in [0.1, 0.15) is 12.1 Å². The second kappa shape index (κ2) is 8.92. The molecule has 0 saturated heterocycles. The zero-order valence-corrected chi connectivity index (χ0v) is 13.7. The predicted octanol–water partition coefficient (Wildman–Crippen LogP) is 1.35. The van der Waals surface area contributed by atoms with Crippen LogP contribution in [0.4, 0.5) is 0 Å². The second-order valence-electron chi connectivity index (χ2n) is 5.66. The molecule has 126 valence electrons.